The predicted molar refractivity (Wildman–Crippen MR) is 274 cm³/mol. The molecule has 0 radical (unpaired) electrons. The molecule has 0 saturated carbocycles. The number of hydrogen-bond donors (Lipinski definition) is 1. The molecule has 0 aromatic heterocycles. The number of rotatable bonds is 22. The maximum absolute atomic E-state index is 14.3. The number of aliphatic hydroxyl groups excluding tert-OH is 1. The van der Waals surface area contributed by atoms with Gasteiger partial charge in [0.2, 0.25) is 0 Å². The van der Waals surface area contributed by atoms with Crippen LogP contribution >= 0.6 is 0 Å². The normalized spacial score (nSPS) is 23.4. The van der Waals surface area contributed by atoms with Crippen molar-refractivity contribution in [2.75, 3.05) is 13.2 Å². The topological polar surface area (TPSA) is 164 Å². The number of hydrogen-bond acceptors (Lipinski definition) is 14. The fourth-order valence-corrected chi connectivity index (χ4v) is 8.81. The van der Waals surface area contributed by atoms with Crippen molar-refractivity contribution in [1.29, 1.82) is 0 Å². The number of aliphatic hydroxyl groups is 1. The van der Waals surface area contributed by atoms with Gasteiger partial charge in [0.05, 0.1) is 49.7 Å². The molecule has 2 heterocycles. The Morgan fingerprint density at radius 2 is 0.747 bits per heavy atom. The summed E-state index contributed by atoms with van der Waals surface area (Å²) < 4.78 is 65.8. The molecular formula is C61H58O14. The minimum absolute atomic E-state index is 0.0213. The third-order valence-corrected chi connectivity index (χ3v) is 12.6. The Hall–Kier alpha value is -7.37. The van der Waals surface area contributed by atoms with Crippen LogP contribution in [0.3, 0.4) is 0 Å². The first-order chi connectivity index (χ1) is 36.9. The highest BCUT2D eigenvalue weighted by Gasteiger charge is 2.56. The van der Waals surface area contributed by atoms with Crippen LogP contribution in [0.4, 0.5) is 0 Å². The summed E-state index contributed by atoms with van der Waals surface area (Å²) in [6.07, 6.45) is -13.5. The van der Waals surface area contributed by atoms with Crippen LogP contribution in [0.2, 0.25) is 0 Å². The van der Waals surface area contributed by atoms with Gasteiger partial charge in [-0.2, -0.15) is 0 Å². The lowest BCUT2D eigenvalue weighted by Crippen LogP contribution is -2.66. The summed E-state index contributed by atoms with van der Waals surface area (Å²) in [5.74, 6) is -2.39. The zero-order valence-electron chi connectivity index (χ0n) is 41.0. The first kappa shape index (κ1) is 52.5. The first-order valence-corrected chi connectivity index (χ1v) is 24.8. The Bertz CT molecular complexity index is 2810. The smallest absolute Gasteiger partial charge is 0.338 e. The highest BCUT2D eigenvalue weighted by molar-refractivity contribution is 5.90. The molecule has 0 aliphatic carbocycles. The number of carbonyl (C=O) groups is 3. The van der Waals surface area contributed by atoms with Crippen LogP contribution in [-0.4, -0.2) is 97.6 Å². The Morgan fingerprint density at radius 1 is 0.373 bits per heavy atom. The number of ether oxygens (including phenoxy) is 10. The molecule has 7 aromatic carbocycles. The van der Waals surface area contributed by atoms with Gasteiger partial charge in [-0.25, -0.2) is 14.4 Å². The second kappa shape index (κ2) is 26.7. The van der Waals surface area contributed by atoms with Crippen LogP contribution in [0.1, 0.15) is 53.3 Å². The van der Waals surface area contributed by atoms with Crippen molar-refractivity contribution in [3.63, 3.8) is 0 Å². The molecule has 75 heavy (non-hydrogen) atoms. The van der Waals surface area contributed by atoms with Gasteiger partial charge >= 0.3 is 17.9 Å². The van der Waals surface area contributed by atoms with E-state index in [1.165, 1.54) is 0 Å². The Morgan fingerprint density at radius 3 is 1.21 bits per heavy atom. The van der Waals surface area contributed by atoms with Gasteiger partial charge in [0.15, 0.2) is 24.8 Å². The fourth-order valence-electron chi connectivity index (χ4n) is 8.81. The maximum atomic E-state index is 14.3. The summed E-state index contributed by atoms with van der Waals surface area (Å²) in [4.78, 5) is 41.8. The van der Waals surface area contributed by atoms with Crippen LogP contribution < -0.4 is 0 Å². The molecule has 7 aromatic rings. The van der Waals surface area contributed by atoms with E-state index in [0.29, 0.717) is 0 Å². The van der Waals surface area contributed by atoms with Gasteiger partial charge in [0.25, 0.3) is 0 Å². The minimum Gasteiger partial charge on any atom is -0.459 e. The van der Waals surface area contributed by atoms with Gasteiger partial charge in [0.1, 0.15) is 43.2 Å². The van der Waals surface area contributed by atoms with Crippen molar-refractivity contribution in [3.05, 3.63) is 251 Å². The van der Waals surface area contributed by atoms with Crippen LogP contribution in [-0.2, 0) is 73.8 Å². The van der Waals surface area contributed by atoms with Gasteiger partial charge in [-0.05, 0) is 58.7 Å². The van der Waals surface area contributed by atoms with E-state index in [1.54, 1.807) is 91.0 Å². The monoisotopic (exact) mass is 1010 g/mol. The van der Waals surface area contributed by atoms with E-state index in [1.807, 2.05) is 121 Å². The van der Waals surface area contributed by atoms with E-state index in [4.69, 9.17) is 47.4 Å². The fraction of sp³-hybridized carbons (Fsp3) is 0.262. The quantitative estimate of drug-likeness (QED) is 0.0505. The molecule has 14 nitrogen and oxygen atoms in total. The van der Waals surface area contributed by atoms with Crippen LogP contribution in [0.25, 0.3) is 0 Å². The Labute approximate surface area is 435 Å². The van der Waals surface area contributed by atoms with E-state index in [9.17, 15) is 19.5 Å². The Kier molecular flexibility index (Phi) is 18.7. The summed E-state index contributed by atoms with van der Waals surface area (Å²) in [7, 11) is 0. The van der Waals surface area contributed by atoms with E-state index in [2.05, 4.69) is 0 Å². The molecule has 2 saturated heterocycles. The van der Waals surface area contributed by atoms with Crippen LogP contribution in [0.5, 0.6) is 0 Å². The summed E-state index contributed by atoms with van der Waals surface area (Å²) in [6, 6.07) is 63.2. The van der Waals surface area contributed by atoms with Crippen molar-refractivity contribution < 1.29 is 66.9 Å². The van der Waals surface area contributed by atoms with E-state index >= 15 is 0 Å². The number of carbonyl (C=O) groups excluding carboxylic acids is 3. The summed E-state index contributed by atoms with van der Waals surface area (Å²) in [5.41, 5.74) is 4.06. The molecule has 0 unspecified atom stereocenters. The highest BCUT2D eigenvalue weighted by atomic mass is 16.8. The molecule has 9 rings (SSSR count). The second-order valence-corrected chi connectivity index (χ2v) is 17.9. The molecule has 1 N–H and O–H groups in total. The predicted octanol–water partition coefficient (Wildman–Crippen LogP) is 9.09. The Balaban J connectivity index is 1.13. The van der Waals surface area contributed by atoms with E-state index < -0.39 is 85.9 Å². The lowest BCUT2D eigenvalue weighted by atomic mass is 9.95. The third kappa shape index (κ3) is 14.5. The molecule has 0 bridgehead atoms. The molecule has 0 amide bonds. The van der Waals surface area contributed by atoms with Gasteiger partial charge in [0, 0.05) is 0 Å². The lowest BCUT2D eigenvalue weighted by molar-refractivity contribution is -0.366. The standard InChI is InChI=1S/C61H58O14/c62-57(46-30-16-5-17-31-46)70-41-50-52(54(73-58(63)47-32-18-6-19-33-47)55(60(65)71-50)74-59(64)48-34-20-7-21-35-48)75-61-56(69-39-45-28-14-4-15-29-45)53(68-38-44-26-12-3-13-27-44)51(67-37-43-24-10-2-11-25-43)49(72-61)40-66-36-42-22-8-1-9-23-42/h1-35,49-56,60-61,65H,36-41H2/t49-,50-,51+,52+,53+,54+,55-,56-,60-,61+/m1/s1. The van der Waals surface area contributed by atoms with Gasteiger partial charge in [-0.3, -0.25) is 0 Å². The van der Waals surface area contributed by atoms with Crippen molar-refractivity contribution in [2.24, 2.45) is 0 Å². The average Bonchev–Trinajstić information content (AvgIpc) is 3.46. The average molecular weight is 1020 g/mol. The molecule has 2 aliphatic heterocycles. The van der Waals surface area contributed by atoms with Gasteiger partial charge in [-0.15, -0.1) is 0 Å². The maximum Gasteiger partial charge on any atom is 0.338 e. The summed E-state index contributed by atoms with van der Waals surface area (Å²) >= 11 is 0. The van der Waals surface area contributed by atoms with Crippen LogP contribution in [0.15, 0.2) is 212 Å². The van der Waals surface area contributed by atoms with Crippen molar-refractivity contribution in [3.8, 4) is 0 Å². The van der Waals surface area contributed by atoms with Gasteiger partial charge < -0.3 is 52.5 Å². The molecule has 10 atom stereocenters. The van der Waals surface area contributed by atoms with Crippen molar-refractivity contribution >= 4 is 17.9 Å². The summed E-state index contributed by atoms with van der Waals surface area (Å²) in [5, 5.41) is 11.9. The lowest BCUT2D eigenvalue weighted by Gasteiger charge is -2.49. The molecule has 2 fully saturated rings. The highest BCUT2D eigenvalue weighted by Crippen LogP contribution is 2.36. The minimum atomic E-state index is -1.93. The molecule has 14 heteroatoms. The largest absolute Gasteiger partial charge is 0.459 e. The number of esters is 3. The summed E-state index contributed by atoms with van der Waals surface area (Å²) in [6.45, 7) is 0.0288. The number of benzene rings is 7. The first-order valence-electron chi connectivity index (χ1n) is 24.8. The zero-order valence-corrected chi connectivity index (χ0v) is 41.0. The van der Waals surface area contributed by atoms with Crippen molar-refractivity contribution in [1.82, 2.24) is 0 Å². The molecule has 0 spiro atoms. The van der Waals surface area contributed by atoms with Crippen molar-refractivity contribution in [2.45, 2.75) is 87.8 Å². The second-order valence-electron chi connectivity index (χ2n) is 17.9. The molecular weight excluding hydrogens is 957 g/mol. The van der Waals surface area contributed by atoms with Gasteiger partial charge in [-0.1, -0.05) is 176 Å². The SMILES string of the molecule is O=C(OC[C@H]1O[C@@H](O)[C@H](OC(=O)c2ccccc2)[C@@H](OC(=O)c2ccccc2)[C@H]1O[C@@H]1O[C@H](COCc2ccccc2)[C@H](OCc2ccccc2)[C@H](OCc2ccccc2)[C@H]1OCc1ccccc1)c1ccccc1. The van der Waals surface area contributed by atoms with E-state index in [0.717, 1.165) is 22.3 Å². The zero-order chi connectivity index (χ0) is 51.6. The molecule has 386 valence electrons. The third-order valence-electron chi connectivity index (χ3n) is 12.6. The van der Waals surface area contributed by atoms with Crippen LogP contribution in [0, 0.1) is 0 Å². The van der Waals surface area contributed by atoms with E-state index in [-0.39, 0.29) is 49.7 Å². The molecule has 2 aliphatic rings.